The number of unbranched alkanes of at least 4 members (excludes halogenated alkanes) is 14. The van der Waals surface area contributed by atoms with Crippen LogP contribution in [0.5, 0.6) is 0 Å². The van der Waals surface area contributed by atoms with Gasteiger partial charge in [0.1, 0.15) is 13.2 Å². The second-order valence-electron chi connectivity index (χ2n) is 15.3. The average molecular weight is 843 g/mol. The van der Waals surface area contributed by atoms with Gasteiger partial charge in [-0.25, -0.2) is 0 Å². The van der Waals surface area contributed by atoms with Gasteiger partial charge in [0, 0.05) is 19.3 Å². The molecule has 0 spiro atoms. The fraction of sp³-hybridized carbons (Fsp3) is 0.582. The molecule has 0 radical (unpaired) electrons. The summed E-state index contributed by atoms with van der Waals surface area (Å²) in [6, 6.07) is 0. The van der Waals surface area contributed by atoms with E-state index < -0.39 is 6.10 Å². The maximum atomic E-state index is 12.8. The molecule has 0 aromatic heterocycles. The highest BCUT2D eigenvalue weighted by Gasteiger charge is 2.19. The molecule has 0 amide bonds. The maximum absolute atomic E-state index is 12.8. The lowest BCUT2D eigenvalue weighted by Crippen LogP contribution is -2.30. The molecule has 6 nitrogen and oxygen atoms in total. The summed E-state index contributed by atoms with van der Waals surface area (Å²) in [6.07, 6.45) is 66.2. The van der Waals surface area contributed by atoms with E-state index in [0.717, 1.165) is 103 Å². The first kappa shape index (κ1) is 56.8. The van der Waals surface area contributed by atoms with Crippen LogP contribution in [-0.2, 0) is 28.6 Å². The van der Waals surface area contributed by atoms with E-state index in [2.05, 4.69) is 87.6 Å². The molecule has 0 aliphatic carbocycles. The van der Waals surface area contributed by atoms with Gasteiger partial charge < -0.3 is 14.2 Å². The summed E-state index contributed by atoms with van der Waals surface area (Å²) < 4.78 is 16.7. The molecule has 0 aromatic rings. The molecule has 0 fully saturated rings. The normalized spacial score (nSPS) is 13.2. The van der Waals surface area contributed by atoms with Crippen LogP contribution in [0.2, 0.25) is 0 Å². The van der Waals surface area contributed by atoms with Crippen LogP contribution in [0, 0.1) is 0 Å². The molecule has 342 valence electrons. The predicted molar refractivity (Wildman–Crippen MR) is 260 cm³/mol. The van der Waals surface area contributed by atoms with Crippen LogP contribution in [0.15, 0.2) is 122 Å². The fourth-order valence-corrected chi connectivity index (χ4v) is 6.05. The van der Waals surface area contributed by atoms with Crippen molar-refractivity contribution in [3.8, 4) is 0 Å². The summed E-state index contributed by atoms with van der Waals surface area (Å²) >= 11 is 0. The van der Waals surface area contributed by atoms with Gasteiger partial charge in [0.2, 0.25) is 0 Å². The molecule has 0 bridgehead atoms. The van der Waals surface area contributed by atoms with E-state index >= 15 is 0 Å². The molecule has 0 aliphatic rings. The monoisotopic (exact) mass is 843 g/mol. The fourth-order valence-electron chi connectivity index (χ4n) is 6.05. The Labute approximate surface area is 373 Å². The molecule has 0 aromatic carbocycles. The lowest BCUT2D eigenvalue weighted by Gasteiger charge is -2.18. The molecular weight excluding hydrogens is 757 g/mol. The SMILES string of the molecule is CC/C=C/C=C/C=C/C=C/C=C/CCCC(=O)OCC(COC(=O)CCCCCCCC/C=C/C/C=C/C/C=C/CC)OC(=O)CCCCCCCCC/C=C/C/C=C/CC. The van der Waals surface area contributed by atoms with E-state index in [1.165, 1.54) is 38.5 Å². The average Bonchev–Trinajstić information content (AvgIpc) is 3.26. The quantitative estimate of drug-likeness (QED) is 0.0201. The number of esters is 3. The van der Waals surface area contributed by atoms with Gasteiger partial charge in [-0.3, -0.25) is 14.4 Å². The first-order valence-corrected chi connectivity index (χ1v) is 24.1. The van der Waals surface area contributed by atoms with Crippen LogP contribution in [0.3, 0.4) is 0 Å². The largest absolute Gasteiger partial charge is 0.462 e. The van der Waals surface area contributed by atoms with E-state index in [1.807, 2.05) is 54.7 Å². The van der Waals surface area contributed by atoms with E-state index in [9.17, 15) is 14.4 Å². The lowest BCUT2D eigenvalue weighted by molar-refractivity contribution is -0.167. The molecule has 1 unspecified atom stereocenters. The van der Waals surface area contributed by atoms with Crippen molar-refractivity contribution in [2.45, 2.75) is 194 Å². The van der Waals surface area contributed by atoms with Gasteiger partial charge in [-0.05, 0) is 89.9 Å². The van der Waals surface area contributed by atoms with Gasteiger partial charge in [0.25, 0.3) is 0 Å². The number of hydrogen-bond donors (Lipinski definition) is 0. The molecule has 0 heterocycles. The zero-order valence-electron chi connectivity index (χ0n) is 38.9. The van der Waals surface area contributed by atoms with E-state index in [-0.39, 0.29) is 37.5 Å². The third kappa shape index (κ3) is 46.7. The zero-order chi connectivity index (χ0) is 44.4. The van der Waals surface area contributed by atoms with Gasteiger partial charge in [0.05, 0.1) is 0 Å². The number of ether oxygens (including phenoxy) is 3. The summed E-state index contributed by atoms with van der Waals surface area (Å²) in [5.41, 5.74) is 0. The third-order valence-electron chi connectivity index (χ3n) is 9.57. The zero-order valence-corrected chi connectivity index (χ0v) is 38.9. The summed E-state index contributed by atoms with van der Waals surface area (Å²) in [5, 5.41) is 0. The second kappa shape index (κ2) is 48.5. The number of rotatable bonds is 41. The van der Waals surface area contributed by atoms with Crippen molar-refractivity contribution in [1.82, 2.24) is 0 Å². The second-order valence-corrected chi connectivity index (χ2v) is 15.3. The third-order valence-corrected chi connectivity index (χ3v) is 9.57. The Bertz CT molecular complexity index is 1340. The molecule has 0 aliphatic heterocycles. The van der Waals surface area contributed by atoms with Crippen molar-refractivity contribution >= 4 is 17.9 Å². The van der Waals surface area contributed by atoms with Crippen molar-refractivity contribution in [1.29, 1.82) is 0 Å². The Kier molecular flexibility index (Phi) is 45.1. The molecule has 0 saturated carbocycles. The Hall–Kier alpha value is -4.19. The number of carbonyl (C=O) groups excluding carboxylic acids is 3. The highest BCUT2D eigenvalue weighted by molar-refractivity contribution is 5.71. The van der Waals surface area contributed by atoms with Crippen molar-refractivity contribution in [3.63, 3.8) is 0 Å². The minimum Gasteiger partial charge on any atom is -0.462 e. The van der Waals surface area contributed by atoms with Crippen LogP contribution in [0.1, 0.15) is 188 Å². The lowest BCUT2D eigenvalue weighted by atomic mass is 10.1. The standard InChI is InChI=1S/C55H86O6/c1-4-7-10-13-16-19-22-25-27-28-31-33-36-39-42-45-48-54(57)60-51-52(50-59-53(56)47-44-41-38-35-32-29-24-21-18-15-12-9-6-3)61-55(58)49-46-43-40-37-34-30-26-23-20-17-14-11-8-5-2/h7-12,15-21,24-25,27,29,32,35,38,52H,4-6,13-14,22-23,26,28,30-31,33-34,36-37,39-51H2,1-3H3/b10-7+,11-8+,12-9+,18-15+,19-16+,20-17+,24-21+,27-25+,32-29+,38-35+. The van der Waals surface area contributed by atoms with Crippen molar-refractivity contribution in [2.75, 3.05) is 13.2 Å². The minimum absolute atomic E-state index is 0.115. The van der Waals surface area contributed by atoms with Crippen LogP contribution in [0.25, 0.3) is 0 Å². The molecule has 1 atom stereocenters. The van der Waals surface area contributed by atoms with Crippen LogP contribution in [0.4, 0.5) is 0 Å². The van der Waals surface area contributed by atoms with Gasteiger partial charge in [-0.1, -0.05) is 200 Å². The summed E-state index contributed by atoms with van der Waals surface area (Å²) in [6.45, 7) is 6.17. The van der Waals surface area contributed by atoms with Gasteiger partial charge in [-0.15, -0.1) is 0 Å². The van der Waals surface area contributed by atoms with Gasteiger partial charge >= 0.3 is 17.9 Å². The molecule has 0 rings (SSSR count). The first-order chi connectivity index (χ1) is 30.0. The van der Waals surface area contributed by atoms with Crippen molar-refractivity contribution in [2.24, 2.45) is 0 Å². The molecule has 0 saturated heterocycles. The predicted octanol–water partition coefficient (Wildman–Crippen LogP) is 15.7. The highest BCUT2D eigenvalue weighted by Crippen LogP contribution is 2.13. The summed E-state index contributed by atoms with van der Waals surface area (Å²) in [4.78, 5) is 37.9. The van der Waals surface area contributed by atoms with Crippen LogP contribution >= 0.6 is 0 Å². The number of allylic oxidation sites excluding steroid dienone is 20. The minimum atomic E-state index is -0.819. The van der Waals surface area contributed by atoms with Crippen LogP contribution in [-0.4, -0.2) is 37.2 Å². The first-order valence-electron chi connectivity index (χ1n) is 24.1. The van der Waals surface area contributed by atoms with Gasteiger partial charge in [-0.2, -0.15) is 0 Å². The Morgan fingerprint density at radius 3 is 1.16 bits per heavy atom. The Balaban J connectivity index is 4.53. The Morgan fingerprint density at radius 1 is 0.344 bits per heavy atom. The van der Waals surface area contributed by atoms with Gasteiger partial charge in [0.15, 0.2) is 6.10 Å². The molecule has 0 N–H and O–H groups in total. The maximum Gasteiger partial charge on any atom is 0.306 e. The number of carbonyl (C=O) groups is 3. The topological polar surface area (TPSA) is 78.9 Å². The molecular formula is C55H86O6. The smallest absolute Gasteiger partial charge is 0.306 e. The highest BCUT2D eigenvalue weighted by atomic mass is 16.6. The van der Waals surface area contributed by atoms with E-state index in [4.69, 9.17) is 14.2 Å². The molecule has 61 heavy (non-hydrogen) atoms. The number of hydrogen-bond acceptors (Lipinski definition) is 6. The Morgan fingerprint density at radius 2 is 0.689 bits per heavy atom. The summed E-state index contributed by atoms with van der Waals surface area (Å²) in [5.74, 6) is -1.02. The van der Waals surface area contributed by atoms with E-state index in [0.29, 0.717) is 19.3 Å². The van der Waals surface area contributed by atoms with Crippen molar-refractivity contribution < 1.29 is 28.6 Å². The van der Waals surface area contributed by atoms with E-state index in [1.54, 1.807) is 0 Å². The summed E-state index contributed by atoms with van der Waals surface area (Å²) in [7, 11) is 0. The van der Waals surface area contributed by atoms with Crippen LogP contribution < -0.4 is 0 Å². The molecule has 6 heteroatoms. The van der Waals surface area contributed by atoms with Crippen molar-refractivity contribution in [3.05, 3.63) is 122 Å².